The lowest BCUT2D eigenvalue weighted by molar-refractivity contribution is -0.122. The number of nitrogens with zero attached hydrogens (tertiary/aromatic N) is 1. The first-order valence-corrected chi connectivity index (χ1v) is 6.85. The number of amides is 2. The zero-order valence-corrected chi connectivity index (χ0v) is 12.9. The summed E-state index contributed by atoms with van der Waals surface area (Å²) in [6.45, 7) is 10.0. The van der Waals surface area contributed by atoms with Gasteiger partial charge in [0.2, 0.25) is 5.91 Å². The minimum absolute atomic E-state index is 0.0276. The van der Waals surface area contributed by atoms with Gasteiger partial charge in [0.1, 0.15) is 6.26 Å². The Kier molecular flexibility index (Phi) is 5.36. The predicted octanol–water partition coefficient (Wildman–Crippen LogP) is 2.44. The molecule has 1 aromatic heterocycles. The number of hydrogen-bond acceptors (Lipinski definition) is 3. The van der Waals surface area contributed by atoms with E-state index in [0.717, 1.165) is 0 Å². The van der Waals surface area contributed by atoms with Crippen LogP contribution in [0.3, 0.4) is 0 Å². The second kappa shape index (κ2) is 6.59. The fourth-order valence-corrected chi connectivity index (χ4v) is 1.85. The molecule has 1 N–H and O–H groups in total. The van der Waals surface area contributed by atoms with Gasteiger partial charge in [0.05, 0.1) is 11.8 Å². The summed E-state index contributed by atoms with van der Waals surface area (Å²) in [6.07, 6.45) is 3.18. The molecule has 0 bridgehead atoms. The van der Waals surface area contributed by atoms with E-state index < -0.39 is 0 Å². The standard InChI is InChI=1S/C15H24N2O3/c1-11(2)17(14(19)12-7-9-20-10-12)8-6-13(18)16-15(3,4)5/h7,9-11H,6,8H2,1-5H3,(H,16,18). The van der Waals surface area contributed by atoms with Crippen molar-refractivity contribution in [1.29, 1.82) is 0 Å². The molecule has 0 spiro atoms. The molecule has 1 rings (SSSR count). The van der Waals surface area contributed by atoms with Crippen LogP contribution in [0.1, 0.15) is 51.4 Å². The van der Waals surface area contributed by atoms with Crippen LogP contribution in [0.2, 0.25) is 0 Å². The highest BCUT2D eigenvalue weighted by Gasteiger charge is 2.21. The summed E-state index contributed by atoms with van der Waals surface area (Å²) in [4.78, 5) is 25.8. The van der Waals surface area contributed by atoms with E-state index >= 15 is 0 Å². The van der Waals surface area contributed by atoms with Crippen molar-refractivity contribution in [1.82, 2.24) is 10.2 Å². The topological polar surface area (TPSA) is 62.6 Å². The number of carbonyl (C=O) groups is 2. The van der Waals surface area contributed by atoms with Crippen molar-refractivity contribution in [3.05, 3.63) is 24.2 Å². The number of nitrogens with one attached hydrogen (secondary N) is 1. The van der Waals surface area contributed by atoms with E-state index in [1.165, 1.54) is 12.5 Å². The molecule has 1 heterocycles. The summed E-state index contributed by atoms with van der Waals surface area (Å²) >= 11 is 0. The molecule has 0 fully saturated rings. The summed E-state index contributed by atoms with van der Waals surface area (Å²) in [5, 5.41) is 2.89. The Morgan fingerprint density at radius 3 is 2.45 bits per heavy atom. The van der Waals surface area contributed by atoms with E-state index in [9.17, 15) is 9.59 Å². The van der Waals surface area contributed by atoms with Crippen LogP contribution in [0.4, 0.5) is 0 Å². The highest BCUT2D eigenvalue weighted by Crippen LogP contribution is 2.10. The van der Waals surface area contributed by atoms with Gasteiger partial charge < -0.3 is 14.6 Å². The number of furan rings is 1. The molecule has 112 valence electrons. The van der Waals surface area contributed by atoms with E-state index in [1.54, 1.807) is 11.0 Å². The van der Waals surface area contributed by atoms with Crippen molar-refractivity contribution in [2.45, 2.75) is 52.6 Å². The molecule has 0 saturated carbocycles. The van der Waals surface area contributed by atoms with Gasteiger partial charge in [-0.25, -0.2) is 0 Å². The molecule has 0 aliphatic rings. The maximum atomic E-state index is 12.3. The van der Waals surface area contributed by atoms with Crippen molar-refractivity contribution in [3.63, 3.8) is 0 Å². The lowest BCUT2D eigenvalue weighted by Gasteiger charge is -2.27. The lowest BCUT2D eigenvalue weighted by atomic mass is 10.1. The molecule has 5 heteroatoms. The molecule has 0 radical (unpaired) electrons. The van der Waals surface area contributed by atoms with Crippen molar-refractivity contribution in [2.75, 3.05) is 6.54 Å². The smallest absolute Gasteiger partial charge is 0.257 e. The van der Waals surface area contributed by atoms with E-state index in [0.29, 0.717) is 18.5 Å². The van der Waals surface area contributed by atoms with Crippen LogP contribution < -0.4 is 5.32 Å². The minimum Gasteiger partial charge on any atom is -0.472 e. The minimum atomic E-state index is -0.256. The molecule has 0 aliphatic heterocycles. The third-order valence-corrected chi connectivity index (χ3v) is 2.75. The van der Waals surface area contributed by atoms with Crippen molar-refractivity contribution in [2.24, 2.45) is 0 Å². The van der Waals surface area contributed by atoms with E-state index in [-0.39, 0.29) is 23.4 Å². The number of rotatable bonds is 5. The number of hydrogen-bond donors (Lipinski definition) is 1. The van der Waals surface area contributed by atoms with Crippen LogP contribution in [-0.4, -0.2) is 34.8 Å². The first-order valence-electron chi connectivity index (χ1n) is 6.85. The Bertz CT molecular complexity index is 444. The van der Waals surface area contributed by atoms with Gasteiger partial charge in [-0.3, -0.25) is 9.59 Å². The maximum Gasteiger partial charge on any atom is 0.257 e. The summed E-state index contributed by atoms with van der Waals surface area (Å²) < 4.78 is 4.93. The molecule has 2 amide bonds. The summed E-state index contributed by atoms with van der Waals surface area (Å²) in [5.41, 5.74) is 0.254. The molecular formula is C15H24N2O3. The van der Waals surface area contributed by atoms with Crippen LogP contribution in [-0.2, 0) is 4.79 Å². The highest BCUT2D eigenvalue weighted by molar-refractivity contribution is 5.94. The van der Waals surface area contributed by atoms with Gasteiger partial charge in [0.25, 0.3) is 5.91 Å². The molecule has 1 aromatic rings. The average Bonchev–Trinajstić information content (AvgIpc) is 2.79. The lowest BCUT2D eigenvalue weighted by Crippen LogP contribution is -2.44. The van der Waals surface area contributed by atoms with Gasteiger partial charge in [-0.1, -0.05) is 0 Å². The molecule has 0 aromatic carbocycles. The van der Waals surface area contributed by atoms with E-state index in [2.05, 4.69) is 5.32 Å². The summed E-state index contributed by atoms with van der Waals surface area (Å²) in [6, 6.07) is 1.66. The van der Waals surface area contributed by atoms with Crippen LogP contribution in [0, 0.1) is 0 Å². The highest BCUT2D eigenvalue weighted by atomic mass is 16.3. The van der Waals surface area contributed by atoms with Gasteiger partial charge in [0.15, 0.2) is 0 Å². The van der Waals surface area contributed by atoms with Gasteiger partial charge in [-0.2, -0.15) is 0 Å². The first kappa shape index (κ1) is 16.3. The van der Waals surface area contributed by atoms with Gasteiger partial charge in [-0.05, 0) is 40.7 Å². The Hall–Kier alpha value is -1.78. The summed E-state index contributed by atoms with van der Waals surface area (Å²) in [5.74, 6) is -0.166. The van der Waals surface area contributed by atoms with Crippen LogP contribution in [0.25, 0.3) is 0 Å². The van der Waals surface area contributed by atoms with Gasteiger partial charge in [-0.15, -0.1) is 0 Å². The molecule has 0 saturated heterocycles. The quantitative estimate of drug-likeness (QED) is 0.901. The molecule has 20 heavy (non-hydrogen) atoms. The van der Waals surface area contributed by atoms with E-state index in [1.807, 2.05) is 34.6 Å². The Balaban J connectivity index is 2.61. The van der Waals surface area contributed by atoms with E-state index in [4.69, 9.17) is 4.42 Å². The second-order valence-corrected chi connectivity index (χ2v) is 6.15. The average molecular weight is 280 g/mol. The molecule has 5 nitrogen and oxygen atoms in total. The second-order valence-electron chi connectivity index (χ2n) is 6.15. The SMILES string of the molecule is CC(C)N(CCC(=O)NC(C)(C)C)C(=O)c1ccoc1. The fraction of sp³-hybridized carbons (Fsp3) is 0.600. The van der Waals surface area contributed by atoms with Crippen LogP contribution >= 0.6 is 0 Å². The fourth-order valence-electron chi connectivity index (χ4n) is 1.85. The Labute approximate surface area is 120 Å². The van der Waals surface area contributed by atoms with Crippen molar-refractivity contribution < 1.29 is 14.0 Å². The van der Waals surface area contributed by atoms with Gasteiger partial charge >= 0.3 is 0 Å². The largest absolute Gasteiger partial charge is 0.472 e. The predicted molar refractivity (Wildman–Crippen MR) is 77.4 cm³/mol. The zero-order chi connectivity index (χ0) is 15.3. The van der Waals surface area contributed by atoms with Gasteiger partial charge in [0, 0.05) is 24.5 Å². The molecule has 0 atom stereocenters. The van der Waals surface area contributed by atoms with Crippen LogP contribution in [0.5, 0.6) is 0 Å². The summed E-state index contributed by atoms with van der Waals surface area (Å²) in [7, 11) is 0. The molecule has 0 unspecified atom stereocenters. The normalized spacial score (nSPS) is 11.5. The molecular weight excluding hydrogens is 256 g/mol. The van der Waals surface area contributed by atoms with Crippen molar-refractivity contribution in [3.8, 4) is 0 Å². The monoisotopic (exact) mass is 280 g/mol. The Morgan fingerprint density at radius 1 is 1.35 bits per heavy atom. The zero-order valence-electron chi connectivity index (χ0n) is 12.9. The van der Waals surface area contributed by atoms with Crippen LogP contribution in [0.15, 0.2) is 23.0 Å². The third kappa shape index (κ3) is 5.07. The number of carbonyl (C=O) groups excluding carboxylic acids is 2. The first-order chi connectivity index (χ1) is 9.20. The molecule has 0 aliphatic carbocycles. The third-order valence-electron chi connectivity index (χ3n) is 2.75. The maximum absolute atomic E-state index is 12.3. The van der Waals surface area contributed by atoms with Crippen molar-refractivity contribution >= 4 is 11.8 Å². The Morgan fingerprint density at radius 2 is 2.00 bits per heavy atom.